The summed E-state index contributed by atoms with van der Waals surface area (Å²) in [5, 5.41) is 21.7. The largest absolute Gasteiger partial charge is 0.493 e. The molecule has 1 N–H and O–H groups in total. The molecule has 2 rings (SSSR count). The zero-order valence-electron chi connectivity index (χ0n) is 13.2. The van der Waals surface area contributed by atoms with Gasteiger partial charge in [-0.15, -0.1) is 10.2 Å². The molecular weight excluding hydrogens is 338 g/mol. The molecule has 0 aliphatic rings. The molecule has 0 atom stereocenters. The average molecular weight is 355 g/mol. The molecule has 0 bridgehead atoms. The normalized spacial score (nSPS) is 11.4. The standard InChI is InChI=1S/C14H17N3O4S2/c1-8-15-16-14(23-8)22-7-10(17-18)9-5-6-11(19-2)13(21-4)12(9)20-3/h5-6,18H,7H2,1-4H3/b17-10+. The van der Waals surface area contributed by atoms with Gasteiger partial charge in [-0.05, 0) is 19.1 Å². The van der Waals surface area contributed by atoms with E-state index in [4.69, 9.17) is 14.2 Å². The van der Waals surface area contributed by atoms with Gasteiger partial charge in [0.2, 0.25) is 5.75 Å². The van der Waals surface area contributed by atoms with Crippen LogP contribution in [0.3, 0.4) is 0 Å². The number of methoxy groups -OCH3 is 3. The quantitative estimate of drug-likeness (QED) is 0.354. The molecule has 23 heavy (non-hydrogen) atoms. The van der Waals surface area contributed by atoms with Gasteiger partial charge in [0, 0.05) is 11.3 Å². The second-order valence-electron chi connectivity index (χ2n) is 4.30. The highest BCUT2D eigenvalue weighted by molar-refractivity contribution is 8.01. The number of benzene rings is 1. The van der Waals surface area contributed by atoms with E-state index in [1.807, 2.05) is 6.92 Å². The third-order valence-corrected chi connectivity index (χ3v) is 4.96. The maximum absolute atomic E-state index is 9.39. The Balaban J connectivity index is 2.30. The molecule has 1 aromatic carbocycles. The number of aromatic nitrogens is 2. The number of oxime groups is 1. The van der Waals surface area contributed by atoms with Crippen molar-refractivity contribution in [2.24, 2.45) is 5.16 Å². The maximum Gasteiger partial charge on any atom is 0.203 e. The summed E-state index contributed by atoms with van der Waals surface area (Å²) in [7, 11) is 4.60. The van der Waals surface area contributed by atoms with E-state index in [9.17, 15) is 5.21 Å². The lowest BCUT2D eigenvalue weighted by atomic mass is 10.1. The highest BCUT2D eigenvalue weighted by atomic mass is 32.2. The first-order valence-corrected chi connectivity index (χ1v) is 8.38. The summed E-state index contributed by atoms with van der Waals surface area (Å²) in [6.07, 6.45) is 0. The molecule has 0 spiro atoms. The molecule has 0 radical (unpaired) electrons. The van der Waals surface area contributed by atoms with Crippen molar-refractivity contribution in [1.82, 2.24) is 10.2 Å². The van der Waals surface area contributed by atoms with Gasteiger partial charge in [0.25, 0.3) is 0 Å². The lowest BCUT2D eigenvalue weighted by Gasteiger charge is -2.16. The minimum absolute atomic E-state index is 0.414. The Morgan fingerprint density at radius 2 is 1.91 bits per heavy atom. The van der Waals surface area contributed by atoms with E-state index in [2.05, 4.69) is 15.4 Å². The number of aryl methyl sites for hydroxylation is 1. The summed E-state index contributed by atoms with van der Waals surface area (Å²) in [5.41, 5.74) is 1.07. The van der Waals surface area contributed by atoms with Crippen LogP contribution in [0.25, 0.3) is 0 Å². The monoisotopic (exact) mass is 355 g/mol. The predicted octanol–water partition coefficient (Wildman–Crippen LogP) is 2.84. The van der Waals surface area contributed by atoms with Gasteiger partial charge in [-0.2, -0.15) is 0 Å². The number of thioether (sulfide) groups is 1. The third kappa shape index (κ3) is 3.85. The first kappa shape index (κ1) is 17.4. The average Bonchev–Trinajstić information content (AvgIpc) is 2.99. The van der Waals surface area contributed by atoms with Crippen LogP contribution < -0.4 is 14.2 Å². The molecule has 124 valence electrons. The highest BCUT2D eigenvalue weighted by Crippen LogP contribution is 2.40. The van der Waals surface area contributed by atoms with E-state index in [-0.39, 0.29) is 0 Å². The zero-order chi connectivity index (χ0) is 16.8. The summed E-state index contributed by atoms with van der Waals surface area (Å²) in [5.74, 6) is 1.86. The predicted molar refractivity (Wildman–Crippen MR) is 89.8 cm³/mol. The Kier molecular flexibility index (Phi) is 6.05. The van der Waals surface area contributed by atoms with E-state index in [0.29, 0.717) is 34.3 Å². The molecule has 0 unspecified atom stereocenters. The molecular formula is C14H17N3O4S2. The lowest BCUT2D eigenvalue weighted by molar-refractivity contribution is 0.316. The van der Waals surface area contributed by atoms with Crippen molar-refractivity contribution in [2.75, 3.05) is 27.1 Å². The van der Waals surface area contributed by atoms with Crippen molar-refractivity contribution in [1.29, 1.82) is 0 Å². The molecule has 0 saturated heterocycles. The van der Waals surface area contributed by atoms with Crippen molar-refractivity contribution in [3.63, 3.8) is 0 Å². The van der Waals surface area contributed by atoms with Crippen LogP contribution >= 0.6 is 23.1 Å². The molecule has 0 saturated carbocycles. The maximum atomic E-state index is 9.39. The Labute approximate surface area is 142 Å². The van der Waals surface area contributed by atoms with Crippen LogP contribution in [0.4, 0.5) is 0 Å². The van der Waals surface area contributed by atoms with Crippen LogP contribution in [0.5, 0.6) is 17.2 Å². The summed E-state index contributed by atoms with van der Waals surface area (Å²) < 4.78 is 16.8. The molecule has 7 nitrogen and oxygen atoms in total. The van der Waals surface area contributed by atoms with Gasteiger partial charge >= 0.3 is 0 Å². The first-order chi connectivity index (χ1) is 11.1. The van der Waals surface area contributed by atoms with Crippen LogP contribution in [0, 0.1) is 6.92 Å². The van der Waals surface area contributed by atoms with Gasteiger partial charge in [-0.1, -0.05) is 28.3 Å². The summed E-state index contributed by atoms with van der Waals surface area (Å²) in [4.78, 5) is 0. The van der Waals surface area contributed by atoms with Crippen LogP contribution in [-0.4, -0.2) is 48.2 Å². The van der Waals surface area contributed by atoms with Crippen molar-refractivity contribution in [3.8, 4) is 17.2 Å². The molecule has 2 aromatic rings. The molecule has 1 heterocycles. The minimum atomic E-state index is 0.414. The van der Waals surface area contributed by atoms with Gasteiger partial charge < -0.3 is 19.4 Å². The van der Waals surface area contributed by atoms with E-state index in [0.717, 1.165) is 9.35 Å². The van der Waals surface area contributed by atoms with E-state index >= 15 is 0 Å². The highest BCUT2D eigenvalue weighted by Gasteiger charge is 2.20. The molecule has 0 aliphatic heterocycles. The Bertz CT molecular complexity index is 703. The molecule has 0 amide bonds. The van der Waals surface area contributed by atoms with Gasteiger partial charge in [0.1, 0.15) is 10.7 Å². The number of nitrogens with zero attached hydrogens (tertiary/aromatic N) is 3. The van der Waals surface area contributed by atoms with Gasteiger partial charge in [0.05, 0.1) is 21.3 Å². The Morgan fingerprint density at radius 3 is 2.43 bits per heavy atom. The first-order valence-electron chi connectivity index (χ1n) is 6.57. The van der Waals surface area contributed by atoms with Crippen molar-refractivity contribution in [3.05, 3.63) is 22.7 Å². The molecule has 1 aromatic heterocycles. The number of rotatable bonds is 7. The second-order valence-corrected chi connectivity index (χ2v) is 6.71. The van der Waals surface area contributed by atoms with E-state index in [1.165, 1.54) is 37.3 Å². The lowest BCUT2D eigenvalue weighted by Crippen LogP contribution is -2.08. The number of ether oxygens (including phenoxy) is 3. The van der Waals surface area contributed by atoms with E-state index in [1.54, 1.807) is 19.2 Å². The molecule has 0 aliphatic carbocycles. The smallest absolute Gasteiger partial charge is 0.203 e. The third-order valence-electron chi connectivity index (χ3n) is 2.98. The summed E-state index contributed by atoms with van der Waals surface area (Å²) >= 11 is 2.93. The van der Waals surface area contributed by atoms with Crippen LogP contribution in [0.1, 0.15) is 10.6 Å². The number of hydrogen-bond acceptors (Lipinski definition) is 9. The van der Waals surface area contributed by atoms with Gasteiger partial charge in [0.15, 0.2) is 15.8 Å². The van der Waals surface area contributed by atoms with Crippen LogP contribution in [0.2, 0.25) is 0 Å². The summed E-state index contributed by atoms with van der Waals surface area (Å²) in [6.45, 7) is 1.89. The minimum Gasteiger partial charge on any atom is -0.493 e. The van der Waals surface area contributed by atoms with Crippen LogP contribution in [-0.2, 0) is 0 Å². The van der Waals surface area contributed by atoms with Crippen molar-refractivity contribution < 1.29 is 19.4 Å². The Hall–Kier alpha value is -2.00. The zero-order valence-corrected chi connectivity index (χ0v) is 14.8. The topological polar surface area (TPSA) is 86.1 Å². The van der Waals surface area contributed by atoms with Crippen molar-refractivity contribution >= 4 is 28.8 Å². The molecule has 9 heteroatoms. The van der Waals surface area contributed by atoms with E-state index < -0.39 is 0 Å². The van der Waals surface area contributed by atoms with Gasteiger partial charge in [-0.25, -0.2) is 0 Å². The SMILES string of the molecule is COc1ccc(/C(CSc2nnc(C)s2)=N/O)c(OC)c1OC. The van der Waals surface area contributed by atoms with Crippen molar-refractivity contribution in [2.45, 2.75) is 11.3 Å². The fourth-order valence-corrected chi connectivity index (χ4v) is 3.72. The fourth-order valence-electron chi connectivity index (χ4n) is 1.96. The number of hydrogen-bond donors (Lipinski definition) is 1. The Morgan fingerprint density at radius 1 is 1.17 bits per heavy atom. The van der Waals surface area contributed by atoms with Gasteiger partial charge in [-0.3, -0.25) is 0 Å². The fraction of sp³-hybridized carbons (Fsp3) is 0.357. The van der Waals surface area contributed by atoms with Crippen LogP contribution in [0.15, 0.2) is 21.6 Å². The molecule has 0 fully saturated rings. The second kappa shape index (κ2) is 8.02. The summed E-state index contributed by atoms with van der Waals surface area (Å²) in [6, 6.07) is 3.50.